The fourth-order valence-electron chi connectivity index (χ4n) is 1.85. The Morgan fingerprint density at radius 3 is 2.60 bits per heavy atom. The van der Waals surface area contributed by atoms with Gasteiger partial charge in [-0.3, -0.25) is 0 Å². The number of pyridine rings is 1. The number of aromatic nitrogens is 1. The number of benzene rings is 1. The van der Waals surface area contributed by atoms with Gasteiger partial charge in [0.05, 0.1) is 0 Å². The minimum absolute atomic E-state index is 0.394. The Labute approximate surface area is 119 Å². The molecule has 0 atom stereocenters. The fourth-order valence-corrected chi connectivity index (χ4v) is 1.85. The molecule has 0 saturated carbocycles. The van der Waals surface area contributed by atoms with E-state index < -0.39 is 0 Å². The van der Waals surface area contributed by atoms with Crippen molar-refractivity contribution in [3.05, 3.63) is 60.0 Å². The topological polar surface area (TPSA) is 35.3 Å². The smallest absolute Gasteiger partial charge is 0.213 e. The Hall–Kier alpha value is -2.29. The van der Waals surface area contributed by atoms with Crippen LogP contribution in [0.4, 0.5) is 0 Å². The van der Waals surface area contributed by atoms with E-state index in [0.717, 1.165) is 22.4 Å². The first kappa shape index (κ1) is 14.1. The van der Waals surface area contributed by atoms with Gasteiger partial charge in [-0.15, -0.1) is 0 Å². The Kier molecular flexibility index (Phi) is 4.77. The lowest BCUT2D eigenvalue weighted by atomic mass is 10.2. The van der Waals surface area contributed by atoms with Gasteiger partial charge in [0.1, 0.15) is 18.0 Å². The molecule has 0 unspecified atom stereocenters. The summed E-state index contributed by atoms with van der Waals surface area (Å²) in [7, 11) is 0. The molecule has 3 heteroatoms. The molecule has 20 heavy (non-hydrogen) atoms. The van der Waals surface area contributed by atoms with Gasteiger partial charge in [0.25, 0.3) is 0 Å². The molecule has 3 aromatic rings. The van der Waals surface area contributed by atoms with Gasteiger partial charge in [-0.2, -0.15) is 0 Å². The largest absolute Gasteiger partial charge is 0.469 e. The lowest BCUT2D eigenvalue weighted by Crippen LogP contribution is -1.96. The summed E-state index contributed by atoms with van der Waals surface area (Å²) in [5.41, 5.74) is 1.82. The van der Waals surface area contributed by atoms with Gasteiger partial charge in [0, 0.05) is 17.1 Å². The van der Waals surface area contributed by atoms with Gasteiger partial charge in [0.15, 0.2) is 0 Å². The molecule has 0 amide bonds. The van der Waals surface area contributed by atoms with Crippen LogP contribution in [0.15, 0.2) is 52.9 Å². The number of rotatable bonds is 3. The van der Waals surface area contributed by atoms with Gasteiger partial charge in [-0.25, -0.2) is 4.98 Å². The van der Waals surface area contributed by atoms with Gasteiger partial charge in [0.2, 0.25) is 5.88 Å². The number of nitrogens with zero attached hydrogens (tertiary/aromatic N) is 1. The summed E-state index contributed by atoms with van der Waals surface area (Å²) < 4.78 is 11.3. The molecule has 0 spiro atoms. The number of aryl methyl sites for hydroxylation is 1. The molecule has 2 aromatic heterocycles. The van der Waals surface area contributed by atoms with Crippen LogP contribution in [-0.4, -0.2) is 4.98 Å². The van der Waals surface area contributed by atoms with Crippen molar-refractivity contribution in [1.82, 2.24) is 4.98 Å². The van der Waals surface area contributed by atoms with E-state index in [1.807, 2.05) is 69.3 Å². The standard InChI is InChI=1S/C15H13NO2.C2H6/c1-11-5-4-8-15(16-11)17-10-13-9-12-6-2-3-7-14(12)18-13;1-2/h2-9H,10H2,1H3;1-2H3. The van der Waals surface area contributed by atoms with E-state index >= 15 is 0 Å². The van der Waals surface area contributed by atoms with E-state index in [0.29, 0.717) is 12.5 Å². The molecular formula is C17H19NO2. The van der Waals surface area contributed by atoms with Crippen LogP contribution in [-0.2, 0) is 6.61 Å². The third-order valence-corrected chi connectivity index (χ3v) is 2.70. The van der Waals surface area contributed by atoms with Crippen molar-refractivity contribution in [2.45, 2.75) is 27.4 Å². The van der Waals surface area contributed by atoms with Crippen molar-refractivity contribution in [3.63, 3.8) is 0 Å². The normalized spacial score (nSPS) is 9.95. The molecule has 0 radical (unpaired) electrons. The summed E-state index contributed by atoms with van der Waals surface area (Å²) in [4.78, 5) is 4.28. The molecule has 0 N–H and O–H groups in total. The van der Waals surface area contributed by atoms with E-state index in [-0.39, 0.29) is 0 Å². The lowest BCUT2D eigenvalue weighted by Gasteiger charge is -2.03. The van der Waals surface area contributed by atoms with Crippen molar-refractivity contribution in [1.29, 1.82) is 0 Å². The molecule has 3 nitrogen and oxygen atoms in total. The summed E-state index contributed by atoms with van der Waals surface area (Å²) in [5.74, 6) is 1.43. The van der Waals surface area contributed by atoms with Crippen LogP contribution in [0.1, 0.15) is 25.3 Å². The van der Waals surface area contributed by atoms with Crippen LogP contribution in [0.2, 0.25) is 0 Å². The molecule has 104 valence electrons. The Bertz CT molecular complexity index is 640. The molecule has 0 aliphatic heterocycles. The van der Waals surface area contributed by atoms with E-state index in [1.165, 1.54) is 0 Å². The van der Waals surface area contributed by atoms with E-state index in [4.69, 9.17) is 9.15 Å². The highest BCUT2D eigenvalue weighted by Gasteiger charge is 2.04. The van der Waals surface area contributed by atoms with E-state index in [2.05, 4.69) is 4.98 Å². The van der Waals surface area contributed by atoms with Gasteiger partial charge >= 0.3 is 0 Å². The quantitative estimate of drug-likeness (QED) is 0.688. The Morgan fingerprint density at radius 1 is 1.05 bits per heavy atom. The van der Waals surface area contributed by atoms with Crippen LogP contribution in [0, 0.1) is 6.92 Å². The number of para-hydroxylation sites is 1. The van der Waals surface area contributed by atoms with Crippen molar-refractivity contribution in [2.75, 3.05) is 0 Å². The number of furan rings is 1. The predicted octanol–water partition coefficient (Wildman–Crippen LogP) is 4.74. The zero-order chi connectivity index (χ0) is 14.4. The van der Waals surface area contributed by atoms with E-state index in [9.17, 15) is 0 Å². The van der Waals surface area contributed by atoms with E-state index in [1.54, 1.807) is 0 Å². The van der Waals surface area contributed by atoms with Crippen molar-refractivity contribution >= 4 is 11.0 Å². The Balaban J connectivity index is 0.000000704. The van der Waals surface area contributed by atoms with Crippen LogP contribution in [0.25, 0.3) is 11.0 Å². The number of ether oxygens (including phenoxy) is 1. The minimum Gasteiger partial charge on any atom is -0.469 e. The highest BCUT2D eigenvalue weighted by Crippen LogP contribution is 2.20. The highest BCUT2D eigenvalue weighted by atomic mass is 16.5. The summed E-state index contributed by atoms with van der Waals surface area (Å²) in [5, 5.41) is 1.09. The molecular weight excluding hydrogens is 250 g/mol. The Morgan fingerprint density at radius 2 is 1.85 bits per heavy atom. The number of hydrogen-bond acceptors (Lipinski definition) is 3. The zero-order valence-electron chi connectivity index (χ0n) is 12.1. The third-order valence-electron chi connectivity index (χ3n) is 2.70. The third kappa shape index (κ3) is 3.38. The van der Waals surface area contributed by atoms with Gasteiger partial charge in [-0.05, 0) is 25.1 Å². The van der Waals surface area contributed by atoms with Crippen LogP contribution in [0.3, 0.4) is 0 Å². The number of hydrogen-bond donors (Lipinski definition) is 0. The fraction of sp³-hybridized carbons (Fsp3) is 0.235. The maximum absolute atomic E-state index is 5.67. The second-order valence-corrected chi connectivity index (χ2v) is 4.16. The van der Waals surface area contributed by atoms with Gasteiger partial charge in [-0.1, -0.05) is 38.1 Å². The van der Waals surface area contributed by atoms with Crippen molar-refractivity contribution in [3.8, 4) is 5.88 Å². The van der Waals surface area contributed by atoms with Gasteiger partial charge < -0.3 is 9.15 Å². The van der Waals surface area contributed by atoms with Crippen molar-refractivity contribution < 1.29 is 9.15 Å². The monoisotopic (exact) mass is 269 g/mol. The summed E-state index contributed by atoms with van der Waals surface area (Å²) in [6.07, 6.45) is 0. The molecule has 3 rings (SSSR count). The van der Waals surface area contributed by atoms with Crippen molar-refractivity contribution in [2.24, 2.45) is 0 Å². The molecule has 0 saturated heterocycles. The van der Waals surface area contributed by atoms with Crippen LogP contribution < -0.4 is 4.74 Å². The number of fused-ring (bicyclic) bond motifs is 1. The first-order valence-corrected chi connectivity index (χ1v) is 6.85. The summed E-state index contributed by atoms with van der Waals surface area (Å²) in [6.45, 7) is 6.33. The second-order valence-electron chi connectivity index (χ2n) is 4.16. The van der Waals surface area contributed by atoms with Crippen LogP contribution in [0.5, 0.6) is 5.88 Å². The average molecular weight is 269 g/mol. The maximum Gasteiger partial charge on any atom is 0.213 e. The first-order chi connectivity index (χ1) is 9.81. The molecule has 1 aromatic carbocycles. The molecule has 0 bridgehead atoms. The molecule has 0 fully saturated rings. The average Bonchev–Trinajstić information content (AvgIpc) is 2.90. The first-order valence-electron chi connectivity index (χ1n) is 6.85. The SMILES string of the molecule is CC.Cc1cccc(OCc2cc3ccccc3o2)n1. The zero-order valence-corrected chi connectivity index (χ0v) is 12.1. The summed E-state index contributed by atoms with van der Waals surface area (Å²) >= 11 is 0. The maximum atomic E-state index is 5.67. The lowest BCUT2D eigenvalue weighted by molar-refractivity contribution is 0.264. The molecule has 0 aliphatic rings. The summed E-state index contributed by atoms with van der Waals surface area (Å²) in [6, 6.07) is 15.6. The second kappa shape index (κ2) is 6.75. The van der Waals surface area contributed by atoms with Crippen LogP contribution >= 0.6 is 0 Å². The predicted molar refractivity (Wildman–Crippen MR) is 80.9 cm³/mol. The highest BCUT2D eigenvalue weighted by molar-refractivity contribution is 5.77. The minimum atomic E-state index is 0.394. The molecule has 0 aliphatic carbocycles. The molecule has 2 heterocycles.